The Morgan fingerprint density at radius 1 is 1.36 bits per heavy atom. The van der Waals surface area contributed by atoms with Crippen LogP contribution in [0.15, 0.2) is 19.6 Å². The van der Waals surface area contributed by atoms with E-state index < -0.39 is 14.6 Å². The van der Waals surface area contributed by atoms with E-state index in [9.17, 15) is 10.1 Å². The van der Waals surface area contributed by atoms with Gasteiger partial charge >= 0.3 is 5.16 Å². The summed E-state index contributed by atoms with van der Waals surface area (Å²) in [6.45, 7) is 0. The second kappa shape index (κ2) is 6.38. The summed E-state index contributed by atoms with van der Waals surface area (Å²) in [5, 5.41) is 19.0. The Kier molecular flexibility index (Phi) is 6.33. The lowest BCUT2D eigenvalue weighted by Crippen LogP contribution is -1.95. The maximum atomic E-state index is 10.3. The zero-order valence-electron chi connectivity index (χ0n) is 6.13. The number of thiocyanates is 1. The van der Waals surface area contributed by atoms with E-state index in [4.69, 9.17) is 51.7 Å². The molecule has 0 rings (SSSR count). The highest BCUT2D eigenvalue weighted by molar-refractivity contribution is 8.07. The lowest BCUT2D eigenvalue weighted by atomic mass is 10.6. The summed E-state index contributed by atoms with van der Waals surface area (Å²) in [6.07, 6.45) is 0. The minimum atomic E-state index is -0.902. The largest absolute Gasteiger partial charge is 0.353 e. The average Bonchev–Trinajstić information content (AvgIpc) is 2.11. The first kappa shape index (κ1) is 13.9. The number of hydrogen-bond donors (Lipinski definition) is 0. The summed E-state index contributed by atoms with van der Waals surface area (Å²) >= 11 is 21.7. The third kappa shape index (κ3) is 3.95. The number of nitrogens with zero attached hydrogens (tertiary/aromatic N) is 2. The molecule has 0 fully saturated rings. The predicted octanol–water partition coefficient (Wildman–Crippen LogP) is 3.77. The minimum absolute atomic E-state index is 0.291. The number of thioether (sulfide) groups is 1. The van der Waals surface area contributed by atoms with Crippen molar-refractivity contribution in [3.8, 4) is 5.40 Å². The second-order valence-electron chi connectivity index (χ2n) is 1.64. The van der Waals surface area contributed by atoms with Crippen LogP contribution < -0.4 is 0 Å². The number of halogens is 4. The van der Waals surface area contributed by atoms with Crippen molar-refractivity contribution in [2.24, 2.45) is 0 Å². The Labute approximate surface area is 103 Å². The first-order valence-electron chi connectivity index (χ1n) is 2.73. The first-order valence-corrected chi connectivity index (χ1v) is 5.05. The number of rotatable bonds is 3. The monoisotopic (exact) mass is 292 g/mol. The summed E-state index contributed by atoms with van der Waals surface area (Å²) in [4.78, 5) is 9.07. The number of nitriles is 1. The van der Waals surface area contributed by atoms with E-state index in [0.29, 0.717) is 11.8 Å². The normalized spacial score (nSPS) is 11.4. The summed E-state index contributed by atoms with van der Waals surface area (Å²) in [7, 11) is 0. The molecule has 14 heavy (non-hydrogen) atoms. The predicted molar refractivity (Wildman–Crippen MR) is 57.7 cm³/mol. The molecule has 0 aliphatic carbocycles. The summed E-state index contributed by atoms with van der Waals surface area (Å²) in [5.41, 5.74) is 0. The van der Waals surface area contributed by atoms with E-state index in [-0.39, 0.29) is 9.94 Å². The first-order chi connectivity index (χ1) is 6.41. The molecule has 0 unspecified atom stereocenters. The van der Waals surface area contributed by atoms with Crippen LogP contribution in [-0.2, 0) is 0 Å². The van der Waals surface area contributed by atoms with Crippen LogP contribution in [-0.4, -0.2) is 4.92 Å². The molecule has 0 saturated heterocycles. The maximum absolute atomic E-state index is 10.3. The van der Waals surface area contributed by atoms with E-state index in [1.807, 2.05) is 0 Å². The molecule has 0 aromatic carbocycles. The van der Waals surface area contributed by atoms with Crippen LogP contribution in [0.5, 0.6) is 0 Å². The van der Waals surface area contributed by atoms with Crippen molar-refractivity contribution in [2.75, 3.05) is 0 Å². The molecule has 0 N–H and O–H groups in total. The molecule has 0 saturated carbocycles. The van der Waals surface area contributed by atoms with Gasteiger partial charge in [0.2, 0.25) is 0 Å². The SMILES string of the molecule is N#CS/C(C(Cl)=C(Cl)Cl)=C(\Cl)[N+](=O)[O-]. The van der Waals surface area contributed by atoms with Crippen molar-refractivity contribution in [3.05, 3.63) is 29.7 Å². The number of nitro groups is 1. The lowest BCUT2D eigenvalue weighted by molar-refractivity contribution is -0.412. The van der Waals surface area contributed by atoms with Gasteiger partial charge in [0.1, 0.15) is 14.8 Å². The molecule has 0 aliphatic rings. The third-order valence-corrected chi connectivity index (χ3v) is 3.05. The van der Waals surface area contributed by atoms with Crippen molar-refractivity contribution in [2.45, 2.75) is 0 Å². The fourth-order valence-electron chi connectivity index (χ4n) is 0.392. The van der Waals surface area contributed by atoms with Crippen molar-refractivity contribution < 1.29 is 4.92 Å². The Morgan fingerprint density at radius 2 is 1.86 bits per heavy atom. The lowest BCUT2D eigenvalue weighted by Gasteiger charge is -1.98. The summed E-state index contributed by atoms with van der Waals surface area (Å²) in [5.74, 6) is 0. The molecule has 0 amide bonds. The number of hydrogen-bond acceptors (Lipinski definition) is 4. The van der Waals surface area contributed by atoms with Gasteiger partial charge in [-0.15, -0.1) is 0 Å². The van der Waals surface area contributed by atoms with Crippen LogP contribution in [0.3, 0.4) is 0 Å². The maximum Gasteiger partial charge on any atom is 0.353 e. The highest BCUT2D eigenvalue weighted by atomic mass is 35.5. The van der Waals surface area contributed by atoms with Gasteiger partial charge in [-0.25, -0.2) is 0 Å². The van der Waals surface area contributed by atoms with Gasteiger partial charge in [-0.05, 0) is 11.6 Å². The highest BCUT2D eigenvalue weighted by Gasteiger charge is 2.21. The van der Waals surface area contributed by atoms with Gasteiger partial charge in [-0.2, -0.15) is 5.26 Å². The van der Waals surface area contributed by atoms with Crippen molar-refractivity contribution >= 4 is 58.2 Å². The zero-order valence-corrected chi connectivity index (χ0v) is 9.97. The molecular weight excluding hydrogens is 294 g/mol. The highest BCUT2D eigenvalue weighted by Crippen LogP contribution is 2.35. The molecule has 0 atom stereocenters. The van der Waals surface area contributed by atoms with Crippen LogP contribution in [0.1, 0.15) is 0 Å². The molecule has 0 aliphatic heterocycles. The Bertz CT molecular complexity index is 355. The third-order valence-electron chi connectivity index (χ3n) is 0.861. The summed E-state index contributed by atoms with van der Waals surface area (Å²) in [6, 6.07) is 0. The van der Waals surface area contributed by atoms with Gasteiger partial charge in [0.25, 0.3) is 0 Å². The van der Waals surface area contributed by atoms with E-state index in [1.165, 1.54) is 0 Å². The fourth-order valence-corrected chi connectivity index (χ4v) is 1.60. The topological polar surface area (TPSA) is 66.9 Å². The molecular formula is C5Cl4N2O2S. The standard InChI is InChI=1S/C5Cl4N2O2S/c6-2(4(7)8)3(14-1-10)5(9)11(12)13/b5-3+. The smallest absolute Gasteiger partial charge is 0.257 e. The van der Waals surface area contributed by atoms with E-state index in [0.717, 1.165) is 0 Å². The van der Waals surface area contributed by atoms with Gasteiger partial charge in [0.15, 0.2) is 0 Å². The van der Waals surface area contributed by atoms with E-state index >= 15 is 0 Å². The van der Waals surface area contributed by atoms with Gasteiger partial charge in [-0.1, -0.05) is 34.8 Å². The van der Waals surface area contributed by atoms with Crippen LogP contribution in [0.4, 0.5) is 0 Å². The van der Waals surface area contributed by atoms with Crippen molar-refractivity contribution in [3.63, 3.8) is 0 Å². The van der Waals surface area contributed by atoms with Crippen LogP contribution in [0.25, 0.3) is 0 Å². The van der Waals surface area contributed by atoms with Crippen molar-refractivity contribution in [1.29, 1.82) is 5.26 Å². The van der Waals surface area contributed by atoms with Gasteiger partial charge in [-0.3, -0.25) is 10.1 Å². The van der Waals surface area contributed by atoms with Crippen LogP contribution in [0.2, 0.25) is 0 Å². The molecule has 0 spiro atoms. The van der Waals surface area contributed by atoms with Gasteiger partial charge < -0.3 is 0 Å². The molecule has 4 nitrogen and oxygen atoms in total. The second-order valence-corrected chi connectivity index (χ2v) is 4.13. The van der Waals surface area contributed by atoms with E-state index in [1.54, 1.807) is 5.40 Å². The quantitative estimate of drug-likeness (QED) is 0.261. The van der Waals surface area contributed by atoms with Crippen LogP contribution >= 0.6 is 58.2 Å². The molecule has 9 heteroatoms. The Balaban J connectivity index is 5.39. The fraction of sp³-hybridized carbons (Fsp3) is 0. The number of allylic oxidation sites excluding steroid dienone is 1. The molecule has 0 aromatic heterocycles. The molecule has 0 bridgehead atoms. The van der Waals surface area contributed by atoms with Gasteiger partial charge in [0.05, 0.1) is 9.96 Å². The Hall–Kier alpha value is -0.120. The van der Waals surface area contributed by atoms with Crippen molar-refractivity contribution in [1.82, 2.24) is 0 Å². The minimum Gasteiger partial charge on any atom is -0.257 e. The molecule has 0 radical (unpaired) electrons. The molecule has 76 valence electrons. The zero-order chi connectivity index (χ0) is 11.3. The van der Waals surface area contributed by atoms with E-state index in [2.05, 4.69) is 0 Å². The molecule has 0 heterocycles. The Morgan fingerprint density at radius 3 is 2.14 bits per heavy atom. The average molecular weight is 294 g/mol. The summed E-state index contributed by atoms with van der Waals surface area (Å²) < 4.78 is -0.399. The van der Waals surface area contributed by atoms with Gasteiger partial charge in [0, 0.05) is 11.8 Å². The van der Waals surface area contributed by atoms with Crippen LogP contribution in [0, 0.1) is 20.8 Å². The molecule has 0 aromatic rings.